The molecule has 2 rings (SSSR count). The molecule has 144 valence electrons. The van der Waals surface area contributed by atoms with E-state index in [0.717, 1.165) is 5.56 Å². The van der Waals surface area contributed by atoms with Crippen molar-refractivity contribution in [3.63, 3.8) is 0 Å². The van der Waals surface area contributed by atoms with Crippen LogP contribution in [-0.4, -0.2) is 32.3 Å². The Morgan fingerprint density at radius 2 is 1.37 bits per heavy atom. The van der Waals surface area contributed by atoms with E-state index in [9.17, 15) is 18.0 Å². The Morgan fingerprint density at radius 3 is 1.85 bits per heavy atom. The van der Waals surface area contributed by atoms with Gasteiger partial charge in [0.1, 0.15) is 19.3 Å². The lowest BCUT2D eigenvalue weighted by Gasteiger charge is -2.16. The van der Waals surface area contributed by atoms with Crippen molar-refractivity contribution < 1.29 is 27.5 Å². The van der Waals surface area contributed by atoms with Gasteiger partial charge in [0.2, 0.25) is 9.05 Å². The van der Waals surface area contributed by atoms with Gasteiger partial charge in [-0.1, -0.05) is 60.7 Å². The second kappa shape index (κ2) is 9.94. The molecule has 0 saturated heterocycles. The van der Waals surface area contributed by atoms with Crippen LogP contribution < -0.4 is 5.32 Å². The number of hydrogen-bond acceptors (Lipinski definition) is 6. The Kier molecular flexibility index (Phi) is 7.63. The van der Waals surface area contributed by atoms with E-state index in [1.54, 1.807) is 54.6 Å². The highest BCUT2D eigenvalue weighted by atomic mass is 35.7. The largest absolute Gasteiger partial charge is 0.459 e. The average molecular weight is 412 g/mol. The number of carbonyl (C=O) groups excluding carboxylic acids is 2. The van der Waals surface area contributed by atoms with E-state index in [1.807, 2.05) is 6.07 Å². The van der Waals surface area contributed by atoms with Crippen LogP contribution in [0.1, 0.15) is 11.1 Å². The maximum absolute atomic E-state index is 12.2. The van der Waals surface area contributed by atoms with E-state index in [4.69, 9.17) is 20.2 Å². The zero-order valence-corrected chi connectivity index (χ0v) is 15.8. The number of esters is 1. The summed E-state index contributed by atoms with van der Waals surface area (Å²) in [6.07, 6.45) is -0.958. The molecule has 2 aromatic carbocycles. The Hall–Kier alpha value is -2.58. The summed E-state index contributed by atoms with van der Waals surface area (Å²) in [4.78, 5) is 24.1. The van der Waals surface area contributed by atoms with Gasteiger partial charge in [-0.25, -0.2) is 18.0 Å². The third-order valence-corrected chi connectivity index (χ3v) is 4.49. The van der Waals surface area contributed by atoms with Gasteiger partial charge in [-0.05, 0) is 11.1 Å². The van der Waals surface area contributed by atoms with Gasteiger partial charge in [-0.3, -0.25) is 0 Å². The Balaban J connectivity index is 1.93. The lowest BCUT2D eigenvalue weighted by Crippen LogP contribution is -2.45. The van der Waals surface area contributed by atoms with Crippen LogP contribution >= 0.6 is 10.7 Å². The highest BCUT2D eigenvalue weighted by molar-refractivity contribution is 8.13. The van der Waals surface area contributed by atoms with Crippen LogP contribution in [0.2, 0.25) is 0 Å². The number of alkyl carbamates (subject to hydrolysis) is 1. The van der Waals surface area contributed by atoms with Crippen LogP contribution in [0, 0.1) is 0 Å². The van der Waals surface area contributed by atoms with E-state index in [0.29, 0.717) is 5.56 Å². The molecule has 0 aliphatic heterocycles. The Morgan fingerprint density at radius 1 is 0.889 bits per heavy atom. The van der Waals surface area contributed by atoms with Gasteiger partial charge < -0.3 is 14.8 Å². The van der Waals surface area contributed by atoms with Crippen molar-refractivity contribution in [1.29, 1.82) is 0 Å². The lowest BCUT2D eigenvalue weighted by atomic mass is 10.2. The SMILES string of the molecule is O=C(NC(CS(=O)(=O)Cl)C(=O)OCc1ccccc1)OCc1ccccc1. The van der Waals surface area contributed by atoms with Crippen molar-refractivity contribution in [1.82, 2.24) is 5.32 Å². The first kappa shape index (κ1) is 20.7. The number of rotatable bonds is 8. The molecular formula is C18H18ClNO6S. The van der Waals surface area contributed by atoms with E-state index < -0.39 is 32.9 Å². The summed E-state index contributed by atoms with van der Waals surface area (Å²) in [6.45, 7) is -0.106. The first-order valence-electron chi connectivity index (χ1n) is 7.93. The second-order valence-corrected chi connectivity index (χ2v) is 8.38. The predicted octanol–water partition coefficient (Wildman–Crippen LogP) is 2.59. The predicted molar refractivity (Wildman–Crippen MR) is 99.4 cm³/mol. The average Bonchev–Trinajstić information content (AvgIpc) is 2.64. The van der Waals surface area contributed by atoms with Crippen molar-refractivity contribution >= 4 is 31.8 Å². The molecule has 0 aliphatic rings. The minimum Gasteiger partial charge on any atom is -0.459 e. The zero-order chi connectivity index (χ0) is 19.7. The van der Waals surface area contributed by atoms with Gasteiger partial charge in [0.15, 0.2) is 0 Å². The summed E-state index contributed by atoms with van der Waals surface area (Å²) in [5.41, 5.74) is 1.45. The highest BCUT2D eigenvalue weighted by Gasteiger charge is 2.28. The maximum atomic E-state index is 12.2. The number of nitrogens with one attached hydrogen (secondary N) is 1. The van der Waals surface area contributed by atoms with Crippen molar-refractivity contribution in [2.24, 2.45) is 0 Å². The molecule has 2 aromatic rings. The van der Waals surface area contributed by atoms with Crippen LogP contribution in [0.4, 0.5) is 4.79 Å². The van der Waals surface area contributed by atoms with Gasteiger partial charge in [-0.2, -0.15) is 0 Å². The van der Waals surface area contributed by atoms with Crippen LogP contribution in [0.3, 0.4) is 0 Å². The highest BCUT2D eigenvalue weighted by Crippen LogP contribution is 2.07. The van der Waals surface area contributed by atoms with Crippen LogP contribution in [0.5, 0.6) is 0 Å². The number of carbonyl (C=O) groups is 2. The molecule has 9 heteroatoms. The fourth-order valence-electron chi connectivity index (χ4n) is 2.10. The molecule has 1 unspecified atom stereocenters. The first-order chi connectivity index (χ1) is 12.8. The molecule has 0 saturated carbocycles. The zero-order valence-electron chi connectivity index (χ0n) is 14.2. The normalized spacial score (nSPS) is 12.0. The summed E-state index contributed by atoms with van der Waals surface area (Å²) in [7, 11) is 1.15. The molecule has 7 nitrogen and oxygen atoms in total. The molecule has 0 bridgehead atoms. The summed E-state index contributed by atoms with van der Waals surface area (Å²) in [6, 6.07) is 16.2. The lowest BCUT2D eigenvalue weighted by molar-refractivity contribution is -0.146. The quantitative estimate of drug-likeness (QED) is 0.529. The fourth-order valence-corrected chi connectivity index (χ4v) is 3.10. The van der Waals surface area contributed by atoms with Gasteiger partial charge in [0.05, 0.1) is 5.75 Å². The second-order valence-electron chi connectivity index (χ2n) is 5.56. The summed E-state index contributed by atoms with van der Waals surface area (Å²) in [5, 5.41) is 2.18. The van der Waals surface area contributed by atoms with E-state index in [1.165, 1.54) is 0 Å². The molecule has 0 fully saturated rings. The van der Waals surface area contributed by atoms with Gasteiger partial charge >= 0.3 is 12.1 Å². The van der Waals surface area contributed by atoms with Gasteiger partial charge in [0.25, 0.3) is 0 Å². The molecule has 0 aliphatic carbocycles. The maximum Gasteiger partial charge on any atom is 0.408 e. The number of hydrogen-bond donors (Lipinski definition) is 1. The van der Waals surface area contributed by atoms with Crippen molar-refractivity contribution in [3.8, 4) is 0 Å². The first-order valence-corrected chi connectivity index (χ1v) is 10.4. The van der Waals surface area contributed by atoms with Crippen molar-refractivity contribution in [3.05, 3.63) is 71.8 Å². The molecule has 27 heavy (non-hydrogen) atoms. The van der Waals surface area contributed by atoms with Crippen LogP contribution in [-0.2, 0) is 36.5 Å². The molecule has 1 atom stereocenters. The molecule has 0 heterocycles. The van der Waals surface area contributed by atoms with Gasteiger partial charge in [0, 0.05) is 10.7 Å². The van der Waals surface area contributed by atoms with E-state index >= 15 is 0 Å². The van der Waals surface area contributed by atoms with E-state index in [2.05, 4.69) is 5.32 Å². The smallest absolute Gasteiger partial charge is 0.408 e. The number of ether oxygens (including phenoxy) is 2. The van der Waals surface area contributed by atoms with Crippen LogP contribution in [0.15, 0.2) is 60.7 Å². The minimum atomic E-state index is -4.06. The molecule has 0 spiro atoms. The number of benzene rings is 2. The fraction of sp³-hybridized carbons (Fsp3) is 0.222. The summed E-state index contributed by atoms with van der Waals surface area (Å²) < 4.78 is 32.8. The van der Waals surface area contributed by atoms with Crippen molar-refractivity contribution in [2.75, 3.05) is 5.75 Å². The molecule has 1 amide bonds. The molecule has 1 N–H and O–H groups in total. The molecule has 0 aromatic heterocycles. The summed E-state index contributed by atoms with van der Waals surface area (Å²) in [5.74, 6) is -1.75. The summed E-state index contributed by atoms with van der Waals surface area (Å²) >= 11 is 0. The Bertz CT molecular complexity index is 858. The van der Waals surface area contributed by atoms with Crippen molar-refractivity contribution in [2.45, 2.75) is 19.3 Å². The Labute approximate surface area is 161 Å². The number of amides is 1. The van der Waals surface area contributed by atoms with Crippen LogP contribution in [0.25, 0.3) is 0 Å². The minimum absolute atomic E-state index is 0.0356. The third-order valence-electron chi connectivity index (χ3n) is 3.38. The molecule has 0 radical (unpaired) electrons. The van der Waals surface area contributed by atoms with E-state index in [-0.39, 0.29) is 13.2 Å². The number of halogens is 1. The topological polar surface area (TPSA) is 98.8 Å². The third kappa shape index (κ3) is 8.10. The van der Waals surface area contributed by atoms with Gasteiger partial charge in [-0.15, -0.1) is 0 Å². The molecular weight excluding hydrogens is 394 g/mol. The monoisotopic (exact) mass is 411 g/mol. The standard InChI is InChI=1S/C18H18ClNO6S/c19-27(23,24)13-16(17(21)25-11-14-7-3-1-4-8-14)20-18(22)26-12-15-9-5-2-6-10-15/h1-10,16H,11-13H2,(H,20,22).